The number of aromatic nitrogens is 2. The van der Waals surface area contributed by atoms with Crippen LogP contribution >= 0.6 is 0 Å². The first-order valence-corrected chi connectivity index (χ1v) is 14.7. The fourth-order valence-electron chi connectivity index (χ4n) is 5.75. The number of benzene rings is 4. The molecule has 2 aromatic heterocycles. The Balaban J connectivity index is 1.29. The van der Waals surface area contributed by atoms with E-state index in [2.05, 4.69) is 64.3 Å². The molecule has 4 aromatic carbocycles. The predicted molar refractivity (Wildman–Crippen MR) is 180 cm³/mol. The van der Waals surface area contributed by atoms with Gasteiger partial charge in [-0.2, -0.15) is 5.26 Å². The molecule has 0 atom stereocenters. The highest BCUT2D eigenvalue weighted by Gasteiger charge is 2.20. The summed E-state index contributed by atoms with van der Waals surface area (Å²) in [7, 11) is 0. The highest BCUT2D eigenvalue weighted by Crippen LogP contribution is 2.38. The first-order chi connectivity index (χ1) is 21.8. The zero-order valence-corrected chi connectivity index (χ0v) is 25.3. The minimum absolute atomic E-state index is 0.0587. The Bertz CT molecular complexity index is 2190. The first kappa shape index (κ1) is 27.8. The number of fused-ring (bicyclic) bond motifs is 3. The molecular weight excluding hydrogens is 556 g/mol. The maximum Gasteiger partial charge on any atom is 0.192 e. The van der Waals surface area contributed by atoms with Gasteiger partial charge in [0.25, 0.3) is 0 Å². The van der Waals surface area contributed by atoms with Gasteiger partial charge in [0.2, 0.25) is 0 Å². The molecule has 1 aliphatic heterocycles. The molecule has 7 rings (SSSR count). The summed E-state index contributed by atoms with van der Waals surface area (Å²) in [4.78, 5) is 12.7. The Morgan fingerprint density at radius 1 is 0.800 bits per heavy atom. The molecule has 45 heavy (non-hydrogen) atoms. The summed E-state index contributed by atoms with van der Waals surface area (Å²) in [5, 5.41) is 11.7. The molecule has 0 unspecified atom stereocenters. The minimum Gasteiger partial charge on any atom is -0.459 e. The highest BCUT2D eigenvalue weighted by molar-refractivity contribution is 6.09. The van der Waals surface area contributed by atoms with Crippen LogP contribution in [-0.2, 0) is 5.41 Å². The third-order valence-electron chi connectivity index (χ3n) is 8.10. The Hall–Kier alpha value is -6.05. The van der Waals surface area contributed by atoms with Gasteiger partial charge in [-0.3, -0.25) is 4.57 Å². The van der Waals surface area contributed by atoms with Crippen LogP contribution in [0.25, 0.3) is 32.5 Å². The van der Waals surface area contributed by atoms with Crippen LogP contribution in [0.4, 0.5) is 17.1 Å². The topological polar surface area (TPSA) is 61.7 Å². The molecule has 0 saturated carbocycles. The number of ether oxygens (including phenoxy) is 1. The van der Waals surface area contributed by atoms with Crippen molar-refractivity contribution in [3.8, 4) is 23.4 Å². The Morgan fingerprint density at radius 3 is 2.27 bits per heavy atom. The van der Waals surface area contributed by atoms with Gasteiger partial charge in [0, 0.05) is 52.9 Å². The van der Waals surface area contributed by atoms with Crippen LogP contribution in [0, 0.1) is 17.9 Å². The third-order valence-corrected chi connectivity index (χ3v) is 8.10. The van der Waals surface area contributed by atoms with Gasteiger partial charge >= 0.3 is 0 Å². The van der Waals surface area contributed by atoms with Crippen molar-refractivity contribution in [2.75, 3.05) is 16.5 Å². The zero-order valence-electron chi connectivity index (χ0n) is 25.3. The lowest BCUT2D eigenvalue weighted by atomic mass is 9.88. The Labute approximate surface area is 262 Å². The van der Waals surface area contributed by atoms with Crippen LogP contribution in [-0.4, -0.2) is 16.2 Å². The molecule has 3 heterocycles. The number of hydrogen-bond donors (Lipinski definition) is 0. The van der Waals surface area contributed by atoms with E-state index in [-0.39, 0.29) is 5.41 Å². The van der Waals surface area contributed by atoms with Gasteiger partial charge in [0.05, 0.1) is 35.9 Å². The molecule has 7 nitrogen and oxygen atoms in total. The average molecular weight is 587 g/mol. The third kappa shape index (κ3) is 5.22. The summed E-state index contributed by atoms with van der Waals surface area (Å²) in [5.41, 5.74) is 5.97. The number of nitrogens with zero attached hydrogens (tertiary/aromatic N) is 6. The standard InChI is InChI=1S/C38H30N6O/c1-38(2,3)27-14-15-41-37(19-27)44-35-18-26(24-39)10-12-33(35)34-13-11-31(23-36(34)44)45-32-21-28(40-4)20-30(22-32)43-17-16-42(25-43)29-8-6-5-7-9-29/h5-23H,25H2,1-3H3. The monoisotopic (exact) mass is 586 g/mol. The van der Waals surface area contributed by atoms with Crippen molar-refractivity contribution < 1.29 is 4.74 Å². The van der Waals surface area contributed by atoms with Crippen molar-refractivity contribution in [1.29, 1.82) is 5.26 Å². The molecule has 0 bridgehead atoms. The van der Waals surface area contributed by atoms with Crippen LogP contribution < -0.4 is 14.5 Å². The molecule has 0 saturated heterocycles. The minimum atomic E-state index is -0.0587. The summed E-state index contributed by atoms with van der Waals surface area (Å²) in [6.45, 7) is 14.9. The number of hydrogen-bond acceptors (Lipinski definition) is 5. The van der Waals surface area contributed by atoms with E-state index in [1.54, 1.807) is 6.07 Å². The molecule has 7 heteroatoms. The van der Waals surface area contributed by atoms with Crippen LogP contribution in [0.5, 0.6) is 11.5 Å². The Kier molecular flexibility index (Phi) is 6.72. The van der Waals surface area contributed by atoms with Gasteiger partial charge in [-0.05, 0) is 71.6 Å². The molecule has 0 spiro atoms. The molecule has 1 aliphatic rings. The largest absolute Gasteiger partial charge is 0.459 e. The van der Waals surface area contributed by atoms with Crippen molar-refractivity contribution in [2.24, 2.45) is 0 Å². The lowest BCUT2D eigenvalue weighted by Gasteiger charge is -2.22. The van der Waals surface area contributed by atoms with Crippen LogP contribution in [0.15, 0.2) is 116 Å². The van der Waals surface area contributed by atoms with E-state index in [1.165, 1.54) is 0 Å². The molecule has 0 fully saturated rings. The Morgan fingerprint density at radius 2 is 1.53 bits per heavy atom. The summed E-state index contributed by atoms with van der Waals surface area (Å²) >= 11 is 0. The lowest BCUT2D eigenvalue weighted by molar-refractivity contribution is 0.483. The lowest BCUT2D eigenvalue weighted by Crippen LogP contribution is -2.24. The van der Waals surface area contributed by atoms with Gasteiger partial charge in [-0.25, -0.2) is 9.83 Å². The van der Waals surface area contributed by atoms with E-state index >= 15 is 0 Å². The van der Waals surface area contributed by atoms with Gasteiger partial charge in [-0.1, -0.05) is 45.0 Å². The number of rotatable bonds is 5. The molecule has 0 amide bonds. The van der Waals surface area contributed by atoms with E-state index < -0.39 is 0 Å². The molecule has 0 radical (unpaired) electrons. The second-order valence-electron chi connectivity index (χ2n) is 12.1. The molecule has 218 valence electrons. The van der Waals surface area contributed by atoms with Crippen LogP contribution in [0.1, 0.15) is 31.9 Å². The fourth-order valence-corrected chi connectivity index (χ4v) is 5.75. The number of anilines is 2. The number of pyridine rings is 1. The van der Waals surface area contributed by atoms with Crippen molar-refractivity contribution in [3.63, 3.8) is 0 Å². The normalized spacial score (nSPS) is 12.9. The van der Waals surface area contributed by atoms with Gasteiger partial charge in [0.1, 0.15) is 17.3 Å². The molecular formula is C38H30N6O. The molecule has 0 N–H and O–H groups in total. The van der Waals surface area contributed by atoms with Gasteiger partial charge in [0.15, 0.2) is 5.69 Å². The van der Waals surface area contributed by atoms with E-state index in [0.29, 0.717) is 29.4 Å². The van der Waals surface area contributed by atoms with Crippen LogP contribution in [0.2, 0.25) is 0 Å². The van der Waals surface area contributed by atoms with E-state index in [9.17, 15) is 5.26 Å². The second-order valence-corrected chi connectivity index (χ2v) is 12.1. The maximum atomic E-state index is 9.68. The average Bonchev–Trinajstić information content (AvgIpc) is 3.68. The fraction of sp³-hybridized carbons (Fsp3) is 0.132. The summed E-state index contributed by atoms with van der Waals surface area (Å²) < 4.78 is 8.56. The van der Waals surface area contributed by atoms with Gasteiger partial charge in [-0.15, -0.1) is 0 Å². The van der Waals surface area contributed by atoms with Crippen molar-refractivity contribution >= 4 is 38.9 Å². The molecule has 0 aliphatic carbocycles. The van der Waals surface area contributed by atoms with Crippen LogP contribution in [0.3, 0.4) is 0 Å². The highest BCUT2D eigenvalue weighted by atomic mass is 16.5. The number of nitriles is 1. The second kappa shape index (κ2) is 10.9. The van der Waals surface area contributed by atoms with E-state index in [0.717, 1.165) is 44.6 Å². The summed E-state index contributed by atoms with van der Waals surface area (Å²) in [6, 6.07) is 34.0. The quantitative estimate of drug-likeness (QED) is 0.188. The maximum absolute atomic E-state index is 9.68. The summed E-state index contributed by atoms with van der Waals surface area (Å²) in [5.74, 6) is 1.98. The zero-order chi connectivity index (χ0) is 31.1. The SMILES string of the molecule is [C-]#[N+]c1cc(Oc2ccc3c4ccc(C#N)cc4n(-c4cc(C(C)(C)C)ccn4)c3c2)cc(N2C=CN(c3ccccc3)C2)c1. The van der Waals surface area contributed by atoms with Gasteiger partial charge < -0.3 is 14.5 Å². The predicted octanol–water partition coefficient (Wildman–Crippen LogP) is 9.45. The van der Waals surface area contributed by atoms with Crippen molar-refractivity contribution in [1.82, 2.24) is 9.55 Å². The van der Waals surface area contributed by atoms with E-state index in [4.69, 9.17) is 16.3 Å². The van der Waals surface area contributed by atoms with E-state index in [1.807, 2.05) is 91.4 Å². The number of para-hydroxylation sites is 1. The smallest absolute Gasteiger partial charge is 0.192 e. The first-order valence-electron chi connectivity index (χ1n) is 14.7. The van der Waals surface area contributed by atoms with Crippen molar-refractivity contribution in [2.45, 2.75) is 26.2 Å². The molecule has 6 aromatic rings. The van der Waals surface area contributed by atoms with Crippen molar-refractivity contribution in [3.05, 3.63) is 138 Å². The summed E-state index contributed by atoms with van der Waals surface area (Å²) in [6.07, 6.45) is 5.89.